The van der Waals surface area contributed by atoms with Crippen LogP contribution >= 0.6 is 7.82 Å². The van der Waals surface area contributed by atoms with Crippen LogP contribution in [0.5, 0.6) is 0 Å². The predicted octanol–water partition coefficient (Wildman–Crippen LogP) is 5.55. The highest BCUT2D eigenvalue weighted by atomic mass is 31.2. The number of hydrogen-bond acceptors (Lipinski definition) is 4. The zero-order valence-corrected chi connectivity index (χ0v) is 20.9. The van der Waals surface area contributed by atoms with Gasteiger partial charge in [-0.3, -0.25) is 9.09 Å². The molecule has 0 fully saturated rings. The van der Waals surface area contributed by atoms with E-state index < -0.39 is 14.1 Å². The minimum atomic E-state index is -4.79. The van der Waals surface area contributed by atoms with E-state index in [0.717, 1.165) is 19.3 Å². The zero-order chi connectivity index (χ0) is 22.7. The molecule has 0 spiro atoms. The van der Waals surface area contributed by atoms with Gasteiger partial charge >= 0.3 is 0 Å². The lowest BCUT2D eigenvalue weighted by atomic mass is 10.1. The van der Waals surface area contributed by atoms with Crippen LogP contribution in [0.1, 0.15) is 96.8 Å². The second kappa shape index (κ2) is 18.4. The number of quaternary nitrogens is 1. The SMILES string of the molecule is CCCCCCCC/C=C\CCCCCCCCOC(C[N+](C)(C)C)OP(=O)([O-])O. The van der Waals surface area contributed by atoms with Gasteiger partial charge in [-0.15, -0.1) is 0 Å². The Bertz CT molecular complexity index is 459. The van der Waals surface area contributed by atoms with Crippen molar-refractivity contribution in [2.45, 2.75) is 103 Å². The summed E-state index contributed by atoms with van der Waals surface area (Å²) in [5, 5.41) is 0. The van der Waals surface area contributed by atoms with E-state index in [-0.39, 0.29) is 0 Å². The second-order valence-electron chi connectivity index (χ2n) is 9.29. The number of rotatable bonds is 21. The minimum absolute atomic E-state index is 0.346. The maximum absolute atomic E-state index is 11.0. The van der Waals surface area contributed by atoms with Crippen LogP contribution in [0.3, 0.4) is 0 Å². The summed E-state index contributed by atoms with van der Waals surface area (Å²) in [7, 11) is 0.949. The van der Waals surface area contributed by atoms with Gasteiger partial charge in [0.15, 0.2) is 0 Å². The molecule has 0 amide bonds. The van der Waals surface area contributed by atoms with Gasteiger partial charge in [-0.2, -0.15) is 0 Å². The van der Waals surface area contributed by atoms with Gasteiger partial charge in [0.05, 0.1) is 21.1 Å². The molecule has 0 aliphatic rings. The molecule has 0 aliphatic heterocycles. The lowest BCUT2D eigenvalue weighted by molar-refractivity contribution is -0.876. The van der Waals surface area contributed by atoms with Crippen LogP contribution in [0.15, 0.2) is 12.2 Å². The summed E-state index contributed by atoms with van der Waals surface area (Å²) in [6, 6.07) is 0. The van der Waals surface area contributed by atoms with Crippen LogP contribution in [0.4, 0.5) is 0 Å². The average molecular weight is 450 g/mol. The van der Waals surface area contributed by atoms with E-state index in [1.165, 1.54) is 70.6 Å². The van der Waals surface area contributed by atoms with E-state index in [0.29, 0.717) is 17.6 Å². The number of ether oxygens (including phenoxy) is 1. The molecule has 0 bridgehead atoms. The molecule has 2 unspecified atom stereocenters. The molecule has 7 heteroatoms. The Morgan fingerprint density at radius 3 is 1.80 bits per heavy atom. The van der Waals surface area contributed by atoms with Crippen LogP contribution in [0.25, 0.3) is 0 Å². The number of likely N-dealkylation sites (N-methyl/N-ethyl adjacent to an activating group) is 1. The van der Waals surface area contributed by atoms with Crippen molar-refractivity contribution in [3.8, 4) is 0 Å². The van der Waals surface area contributed by atoms with Crippen molar-refractivity contribution in [2.75, 3.05) is 34.3 Å². The first-order chi connectivity index (χ1) is 14.1. The first-order valence-corrected chi connectivity index (χ1v) is 13.4. The highest BCUT2D eigenvalue weighted by Gasteiger charge is 2.23. The molecule has 0 aromatic carbocycles. The quantitative estimate of drug-likeness (QED) is 0.0817. The molecule has 6 nitrogen and oxygen atoms in total. The van der Waals surface area contributed by atoms with Gasteiger partial charge in [0.2, 0.25) is 6.29 Å². The molecule has 0 radical (unpaired) electrons. The second-order valence-corrected chi connectivity index (χ2v) is 10.4. The lowest BCUT2D eigenvalue weighted by Crippen LogP contribution is -2.43. The van der Waals surface area contributed by atoms with Crippen LogP contribution in [0.2, 0.25) is 0 Å². The summed E-state index contributed by atoms with van der Waals surface area (Å²) < 4.78 is 21.7. The average Bonchev–Trinajstić information content (AvgIpc) is 2.61. The Morgan fingerprint density at radius 1 is 0.867 bits per heavy atom. The topological polar surface area (TPSA) is 78.8 Å². The van der Waals surface area contributed by atoms with Gasteiger partial charge in [0, 0.05) is 6.61 Å². The van der Waals surface area contributed by atoms with Crippen molar-refractivity contribution < 1.29 is 28.1 Å². The maximum Gasteiger partial charge on any atom is 0.267 e. The normalized spacial score (nSPS) is 15.5. The molecule has 0 saturated heterocycles. The minimum Gasteiger partial charge on any atom is -0.756 e. The van der Waals surface area contributed by atoms with E-state index in [4.69, 9.17) is 9.63 Å². The number of hydrogen-bond donors (Lipinski definition) is 1. The van der Waals surface area contributed by atoms with Gasteiger partial charge < -0.3 is 19.0 Å². The molecule has 30 heavy (non-hydrogen) atoms. The van der Waals surface area contributed by atoms with E-state index in [2.05, 4.69) is 23.6 Å². The molecule has 1 N–H and O–H groups in total. The van der Waals surface area contributed by atoms with Gasteiger partial charge in [0.1, 0.15) is 6.54 Å². The smallest absolute Gasteiger partial charge is 0.267 e. The number of nitrogens with zero attached hydrogens (tertiary/aromatic N) is 1. The Hall–Kier alpha value is -0.230. The summed E-state index contributed by atoms with van der Waals surface area (Å²) in [5.74, 6) is 0. The monoisotopic (exact) mass is 449 g/mol. The fourth-order valence-corrected chi connectivity index (χ4v) is 3.70. The molecule has 180 valence electrons. The number of allylic oxidation sites excluding steroid dienone is 2. The Labute approximate surface area is 185 Å². The Kier molecular flexibility index (Phi) is 18.2. The molecule has 0 rings (SSSR count). The van der Waals surface area contributed by atoms with Crippen molar-refractivity contribution in [1.82, 2.24) is 0 Å². The number of phosphoric acid groups is 1. The van der Waals surface area contributed by atoms with Crippen molar-refractivity contribution in [3.05, 3.63) is 12.2 Å². The molecule has 0 aliphatic carbocycles. The van der Waals surface area contributed by atoms with Crippen LogP contribution < -0.4 is 4.89 Å². The number of unbranched alkanes of at least 4 members (excludes halogenated alkanes) is 12. The third-order valence-electron chi connectivity index (χ3n) is 4.91. The van der Waals surface area contributed by atoms with E-state index >= 15 is 0 Å². The Morgan fingerprint density at radius 2 is 1.33 bits per heavy atom. The largest absolute Gasteiger partial charge is 0.756 e. The van der Waals surface area contributed by atoms with E-state index in [1.54, 1.807) is 0 Å². The molecule has 2 atom stereocenters. The van der Waals surface area contributed by atoms with Crippen molar-refractivity contribution in [2.24, 2.45) is 0 Å². The fraction of sp³-hybridized carbons (Fsp3) is 0.913. The van der Waals surface area contributed by atoms with Crippen molar-refractivity contribution in [3.63, 3.8) is 0 Å². The molecule has 0 saturated carbocycles. The van der Waals surface area contributed by atoms with Gasteiger partial charge in [0.25, 0.3) is 7.82 Å². The fourth-order valence-electron chi connectivity index (χ4n) is 3.28. The first-order valence-electron chi connectivity index (χ1n) is 11.9. The standard InChI is InChI=1S/C23H48NO5P/c1-5-6-7-8-9-10-11-12-13-14-15-16-17-18-19-20-21-28-23(22-24(2,3)4)29-30(25,26)27/h12-13,23H,5-11,14-22H2,1-4H3,(H-,25,26,27)/b13-12-. The summed E-state index contributed by atoms with van der Waals surface area (Å²) in [4.78, 5) is 19.9. The van der Waals surface area contributed by atoms with Crippen molar-refractivity contribution >= 4 is 7.82 Å². The van der Waals surface area contributed by atoms with Crippen molar-refractivity contribution in [1.29, 1.82) is 0 Å². The van der Waals surface area contributed by atoms with Crippen LogP contribution in [0, 0.1) is 0 Å². The molecular weight excluding hydrogens is 401 g/mol. The molecule has 0 heterocycles. The lowest BCUT2D eigenvalue weighted by Gasteiger charge is -2.31. The van der Waals surface area contributed by atoms with Crippen LogP contribution in [-0.2, 0) is 13.8 Å². The Balaban J connectivity index is 3.57. The van der Waals surface area contributed by atoms with Gasteiger partial charge in [-0.1, -0.05) is 76.9 Å². The third kappa shape index (κ3) is 24.0. The summed E-state index contributed by atoms with van der Waals surface area (Å²) >= 11 is 0. The summed E-state index contributed by atoms with van der Waals surface area (Å²) in [5.41, 5.74) is 0. The predicted molar refractivity (Wildman–Crippen MR) is 123 cm³/mol. The van der Waals surface area contributed by atoms with E-state index in [1.807, 2.05) is 21.1 Å². The van der Waals surface area contributed by atoms with Crippen LogP contribution in [-0.4, -0.2) is 50.0 Å². The molecule has 0 aromatic rings. The van der Waals surface area contributed by atoms with Gasteiger partial charge in [-0.05, 0) is 32.1 Å². The maximum atomic E-state index is 11.0. The summed E-state index contributed by atoms with van der Waals surface area (Å²) in [6.45, 7) is 3.04. The molecular formula is C23H48NO5P. The van der Waals surface area contributed by atoms with Gasteiger partial charge in [-0.25, -0.2) is 0 Å². The number of phosphoric ester groups is 1. The first kappa shape index (κ1) is 29.8. The summed E-state index contributed by atoms with van der Waals surface area (Å²) in [6.07, 6.45) is 21.1. The van der Waals surface area contributed by atoms with E-state index in [9.17, 15) is 9.46 Å². The highest BCUT2D eigenvalue weighted by Crippen LogP contribution is 2.33. The third-order valence-corrected chi connectivity index (χ3v) is 5.41. The highest BCUT2D eigenvalue weighted by molar-refractivity contribution is 7.44. The molecule has 0 aromatic heterocycles. The zero-order valence-electron chi connectivity index (χ0n) is 20.0.